The minimum Gasteiger partial charge on any atom is -0.309 e. The van der Waals surface area contributed by atoms with Crippen LogP contribution < -0.4 is 5.32 Å². The lowest BCUT2D eigenvalue weighted by Crippen LogP contribution is -2.34. The highest BCUT2D eigenvalue weighted by Crippen LogP contribution is 2.17. The maximum absolute atomic E-state index is 13.0. The highest BCUT2D eigenvalue weighted by molar-refractivity contribution is 9.09. The number of alkyl halides is 1. The van der Waals surface area contributed by atoms with Gasteiger partial charge in [0, 0.05) is 22.9 Å². The third-order valence-electron chi connectivity index (χ3n) is 2.53. The lowest BCUT2D eigenvalue weighted by atomic mass is 10.1. The van der Waals surface area contributed by atoms with E-state index in [-0.39, 0.29) is 5.82 Å². The maximum Gasteiger partial charge on any atom is 0.123 e. The first-order valence-corrected chi connectivity index (χ1v) is 6.77. The molecule has 0 aliphatic carbocycles. The minimum absolute atomic E-state index is 0.249. The summed E-state index contributed by atoms with van der Waals surface area (Å²) in [6.07, 6.45) is 0. The largest absolute Gasteiger partial charge is 0.309 e. The first-order valence-electron chi connectivity index (χ1n) is 5.28. The van der Waals surface area contributed by atoms with E-state index in [1.165, 1.54) is 12.1 Å². The van der Waals surface area contributed by atoms with E-state index < -0.39 is 0 Å². The van der Waals surface area contributed by atoms with E-state index in [0.717, 1.165) is 10.9 Å². The molecule has 1 N–H and O–H groups in total. The Morgan fingerprint density at radius 1 is 1.44 bits per heavy atom. The van der Waals surface area contributed by atoms with Gasteiger partial charge in [0.1, 0.15) is 5.82 Å². The molecular weight excluding hydrogens is 292 g/mol. The van der Waals surface area contributed by atoms with Crippen molar-refractivity contribution in [1.82, 2.24) is 5.32 Å². The fraction of sp³-hybridized carbons (Fsp3) is 0.500. The average molecular weight is 309 g/mol. The van der Waals surface area contributed by atoms with Gasteiger partial charge in [-0.2, -0.15) is 0 Å². The number of rotatable bonds is 5. The normalized spacial score (nSPS) is 13.1. The molecule has 0 bridgehead atoms. The number of benzene rings is 1. The molecule has 1 atom stereocenters. The third kappa shape index (κ3) is 4.04. The monoisotopic (exact) mass is 307 g/mol. The summed E-state index contributed by atoms with van der Waals surface area (Å²) < 4.78 is 13.0. The standard InChI is InChI=1S/C12H16BrClFN/c1-8(2)12(6-13)16-7-9-5-10(15)3-4-11(9)14/h3-5,8,12,16H,6-7H2,1-2H3. The van der Waals surface area contributed by atoms with Gasteiger partial charge in [-0.15, -0.1) is 0 Å². The molecule has 0 amide bonds. The quantitative estimate of drug-likeness (QED) is 0.811. The average Bonchev–Trinajstić information content (AvgIpc) is 2.23. The Morgan fingerprint density at radius 2 is 2.12 bits per heavy atom. The molecule has 1 nitrogen and oxygen atoms in total. The van der Waals surface area contributed by atoms with Crippen LogP contribution in [0, 0.1) is 11.7 Å². The van der Waals surface area contributed by atoms with Gasteiger partial charge in [0.15, 0.2) is 0 Å². The molecule has 0 saturated carbocycles. The van der Waals surface area contributed by atoms with Crippen molar-refractivity contribution >= 4 is 27.5 Å². The Balaban J connectivity index is 2.63. The smallest absolute Gasteiger partial charge is 0.123 e. The van der Waals surface area contributed by atoms with Crippen LogP contribution in [-0.4, -0.2) is 11.4 Å². The van der Waals surface area contributed by atoms with Crippen LogP contribution >= 0.6 is 27.5 Å². The van der Waals surface area contributed by atoms with Gasteiger partial charge in [-0.1, -0.05) is 41.4 Å². The molecule has 0 aromatic heterocycles. The Bertz CT molecular complexity index is 344. The van der Waals surface area contributed by atoms with Gasteiger partial charge in [-0.25, -0.2) is 4.39 Å². The molecule has 0 saturated heterocycles. The van der Waals surface area contributed by atoms with Crippen LogP contribution in [0.2, 0.25) is 5.02 Å². The van der Waals surface area contributed by atoms with E-state index in [0.29, 0.717) is 23.5 Å². The van der Waals surface area contributed by atoms with Crippen LogP contribution in [0.25, 0.3) is 0 Å². The zero-order chi connectivity index (χ0) is 12.1. The molecule has 0 fully saturated rings. The molecule has 0 radical (unpaired) electrons. The van der Waals surface area contributed by atoms with Crippen molar-refractivity contribution in [1.29, 1.82) is 0 Å². The van der Waals surface area contributed by atoms with E-state index >= 15 is 0 Å². The predicted molar refractivity (Wildman–Crippen MR) is 70.7 cm³/mol. The van der Waals surface area contributed by atoms with Crippen LogP contribution in [0.4, 0.5) is 4.39 Å². The van der Waals surface area contributed by atoms with Crippen LogP contribution in [0.1, 0.15) is 19.4 Å². The van der Waals surface area contributed by atoms with Crippen molar-refractivity contribution in [2.75, 3.05) is 5.33 Å². The summed E-state index contributed by atoms with van der Waals surface area (Å²) in [6, 6.07) is 4.79. The first-order chi connectivity index (χ1) is 7.54. The Kier molecular flexibility index (Phi) is 5.73. The zero-order valence-electron chi connectivity index (χ0n) is 9.43. The van der Waals surface area contributed by atoms with Gasteiger partial charge in [0.05, 0.1) is 0 Å². The summed E-state index contributed by atoms with van der Waals surface area (Å²) in [5.74, 6) is 0.271. The summed E-state index contributed by atoms with van der Waals surface area (Å²) in [5, 5.41) is 4.83. The fourth-order valence-corrected chi connectivity index (χ4v) is 2.55. The topological polar surface area (TPSA) is 12.0 Å². The Labute approximate surface area is 110 Å². The number of halogens is 3. The molecule has 1 aromatic rings. The van der Waals surface area contributed by atoms with E-state index in [1.54, 1.807) is 6.07 Å². The summed E-state index contributed by atoms with van der Waals surface area (Å²) >= 11 is 9.44. The highest BCUT2D eigenvalue weighted by Gasteiger charge is 2.11. The Morgan fingerprint density at radius 3 is 2.69 bits per heavy atom. The summed E-state index contributed by atoms with van der Waals surface area (Å²) in [7, 11) is 0. The molecule has 0 aliphatic rings. The predicted octanol–water partition coefficient (Wildman–Crippen LogP) is 3.99. The van der Waals surface area contributed by atoms with Gasteiger partial charge in [0.2, 0.25) is 0 Å². The fourth-order valence-electron chi connectivity index (χ4n) is 1.39. The summed E-state index contributed by atoms with van der Waals surface area (Å²) in [5.41, 5.74) is 0.799. The molecular formula is C12H16BrClFN. The second-order valence-electron chi connectivity index (χ2n) is 4.12. The second kappa shape index (κ2) is 6.58. The van der Waals surface area contributed by atoms with E-state index in [2.05, 4.69) is 35.1 Å². The van der Waals surface area contributed by atoms with Crippen LogP contribution in [-0.2, 0) is 6.54 Å². The lowest BCUT2D eigenvalue weighted by Gasteiger charge is -2.20. The summed E-state index contributed by atoms with van der Waals surface area (Å²) in [6.45, 7) is 4.88. The van der Waals surface area contributed by atoms with Crippen LogP contribution in [0.15, 0.2) is 18.2 Å². The molecule has 1 unspecified atom stereocenters. The number of nitrogens with one attached hydrogen (secondary N) is 1. The van der Waals surface area contributed by atoms with Gasteiger partial charge in [-0.05, 0) is 29.7 Å². The second-order valence-corrected chi connectivity index (χ2v) is 5.18. The van der Waals surface area contributed by atoms with Crippen molar-refractivity contribution < 1.29 is 4.39 Å². The number of hydrogen-bond donors (Lipinski definition) is 1. The molecule has 1 aromatic carbocycles. The van der Waals surface area contributed by atoms with Crippen molar-refractivity contribution in [3.8, 4) is 0 Å². The van der Waals surface area contributed by atoms with Crippen molar-refractivity contribution in [3.63, 3.8) is 0 Å². The van der Waals surface area contributed by atoms with Crippen molar-refractivity contribution in [3.05, 3.63) is 34.6 Å². The molecule has 90 valence electrons. The highest BCUT2D eigenvalue weighted by atomic mass is 79.9. The Hall–Kier alpha value is -0.120. The van der Waals surface area contributed by atoms with E-state index in [1.807, 2.05) is 0 Å². The zero-order valence-corrected chi connectivity index (χ0v) is 11.8. The van der Waals surface area contributed by atoms with Gasteiger partial charge in [-0.3, -0.25) is 0 Å². The van der Waals surface area contributed by atoms with Gasteiger partial charge >= 0.3 is 0 Å². The number of hydrogen-bond acceptors (Lipinski definition) is 1. The minimum atomic E-state index is -0.249. The molecule has 0 spiro atoms. The molecule has 16 heavy (non-hydrogen) atoms. The maximum atomic E-state index is 13.0. The molecule has 1 rings (SSSR count). The van der Waals surface area contributed by atoms with Crippen LogP contribution in [0.3, 0.4) is 0 Å². The van der Waals surface area contributed by atoms with Crippen LogP contribution in [0.5, 0.6) is 0 Å². The van der Waals surface area contributed by atoms with Gasteiger partial charge in [0.25, 0.3) is 0 Å². The summed E-state index contributed by atoms with van der Waals surface area (Å²) in [4.78, 5) is 0. The van der Waals surface area contributed by atoms with Crippen molar-refractivity contribution in [2.45, 2.75) is 26.4 Å². The van der Waals surface area contributed by atoms with Crippen molar-refractivity contribution in [2.24, 2.45) is 5.92 Å². The molecule has 0 aliphatic heterocycles. The lowest BCUT2D eigenvalue weighted by molar-refractivity contribution is 0.433. The van der Waals surface area contributed by atoms with E-state index in [4.69, 9.17) is 11.6 Å². The SMILES string of the molecule is CC(C)C(CBr)NCc1cc(F)ccc1Cl. The molecule has 0 heterocycles. The first kappa shape index (κ1) is 13.9. The third-order valence-corrected chi connectivity index (χ3v) is 3.60. The van der Waals surface area contributed by atoms with E-state index in [9.17, 15) is 4.39 Å². The molecule has 4 heteroatoms. The van der Waals surface area contributed by atoms with Gasteiger partial charge < -0.3 is 5.32 Å².